The third-order valence-electron chi connectivity index (χ3n) is 5.69. The van der Waals surface area contributed by atoms with E-state index in [0.717, 1.165) is 5.56 Å². The number of likely N-dealkylation sites (tertiary alicyclic amines) is 1. The van der Waals surface area contributed by atoms with Gasteiger partial charge in [-0.25, -0.2) is 8.42 Å². The molecule has 0 saturated carbocycles. The van der Waals surface area contributed by atoms with Gasteiger partial charge in [0.25, 0.3) is 0 Å². The molecule has 3 aliphatic rings. The van der Waals surface area contributed by atoms with E-state index in [0.29, 0.717) is 45.9 Å². The number of sulfonamides is 1. The van der Waals surface area contributed by atoms with Crippen molar-refractivity contribution in [3.05, 3.63) is 35.9 Å². The molecule has 1 atom stereocenters. The fourth-order valence-corrected chi connectivity index (χ4v) is 5.60. The Labute approximate surface area is 165 Å². The summed E-state index contributed by atoms with van der Waals surface area (Å²) >= 11 is 0. The second kappa shape index (κ2) is 7.81. The highest BCUT2D eigenvalue weighted by atomic mass is 32.2. The van der Waals surface area contributed by atoms with Crippen molar-refractivity contribution in [3.63, 3.8) is 0 Å². The van der Waals surface area contributed by atoms with Crippen molar-refractivity contribution in [2.75, 3.05) is 45.9 Å². The molecule has 28 heavy (non-hydrogen) atoms. The van der Waals surface area contributed by atoms with Gasteiger partial charge in [0.1, 0.15) is 0 Å². The number of carbonyl (C=O) groups excluding carboxylic acids is 2. The molecule has 0 N–H and O–H groups in total. The Balaban J connectivity index is 1.31. The highest BCUT2D eigenvalue weighted by molar-refractivity contribution is 7.88. The van der Waals surface area contributed by atoms with E-state index in [4.69, 9.17) is 4.74 Å². The molecule has 0 spiro atoms. The van der Waals surface area contributed by atoms with Crippen LogP contribution in [0, 0.1) is 5.92 Å². The quantitative estimate of drug-likeness (QED) is 0.681. The van der Waals surface area contributed by atoms with Gasteiger partial charge in [-0.3, -0.25) is 9.59 Å². The predicted octanol–water partition coefficient (Wildman–Crippen LogP) is -0.0921. The molecule has 3 fully saturated rings. The van der Waals surface area contributed by atoms with Crippen LogP contribution in [0.15, 0.2) is 30.3 Å². The summed E-state index contributed by atoms with van der Waals surface area (Å²) in [5.74, 6) is -0.420. The molecule has 9 heteroatoms. The number of ether oxygens (including phenoxy) is 1. The predicted molar refractivity (Wildman–Crippen MR) is 102 cm³/mol. The van der Waals surface area contributed by atoms with E-state index < -0.39 is 10.0 Å². The van der Waals surface area contributed by atoms with E-state index in [1.54, 1.807) is 21.9 Å². The number of amides is 2. The summed E-state index contributed by atoms with van der Waals surface area (Å²) in [5, 5.41) is 0. The molecule has 2 amide bonds. The third-order valence-corrected chi connectivity index (χ3v) is 7.47. The Morgan fingerprint density at radius 3 is 2.43 bits per heavy atom. The zero-order valence-corrected chi connectivity index (χ0v) is 16.5. The summed E-state index contributed by atoms with van der Waals surface area (Å²) in [4.78, 5) is 28.5. The number of benzene rings is 1. The van der Waals surface area contributed by atoms with E-state index in [9.17, 15) is 18.0 Å². The van der Waals surface area contributed by atoms with Gasteiger partial charge in [0.15, 0.2) is 0 Å². The van der Waals surface area contributed by atoms with Crippen LogP contribution in [0.5, 0.6) is 0 Å². The second-order valence-corrected chi connectivity index (χ2v) is 9.57. The maximum atomic E-state index is 12.6. The second-order valence-electron chi connectivity index (χ2n) is 7.60. The van der Waals surface area contributed by atoms with Crippen molar-refractivity contribution < 1.29 is 22.7 Å². The van der Waals surface area contributed by atoms with Gasteiger partial charge in [-0.1, -0.05) is 30.3 Å². The van der Waals surface area contributed by atoms with Crippen LogP contribution >= 0.6 is 0 Å². The lowest BCUT2D eigenvalue weighted by Crippen LogP contribution is -2.61. The molecule has 1 unspecified atom stereocenters. The molecule has 152 valence electrons. The Morgan fingerprint density at radius 2 is 1.75 bits per heavy atom. The van der Waals surface area contributed by atoms with Crippen molar-refractivity contribution in [3.8, 4) is 0 Å². The summed E-state index contributed by atoms with van der Waals surface area (Å²) in [5.41, 5.74) is 0.749. The molecular formula is C19H25N3O5S. The van der Waals surface area contributed by atoms with Crippen LogP contribution in [0.25, 0.3) is 0 Å². The smallest absolute Gasteiger partial charge is 0.228 e. The standard InChI is InChI=1S/C19H25N3O5S/c23-18-10-16(19(24)20-6-8-27-9-7-20)11-22(18)17-12-21(13-17)28(25,26)14-15-4-2-1-3-5-15/h1-5,16-17H,6-14H2. The highest BCUT2D eigenvalue weighted by Gasteiger charge is 2.45. The van der Waals surface area contributed by atoms with E-state index in [1.807, 2.05) is 18.2 Å². The van der Waals surface area contributed by atoms with Crippen LogP contribution in [-0.2, 0) is 30.1 Å². The summed E-state index contributed by atoms with van der Waals surface area (Å²) in [6, 6.07) is 8.93. The van der Waals surface area contributed by atoms with Crippen LogP contribution in [0.2, 0.25) is 0 Å². The van der Waals surface area contributed by atoms with Gasteiger partial charge in [-0.2, -0.15) is 4.31 Å². The topological polar surface area (TPSA) is 87.2 Å². The van der Waals surface area contributed by atoms with E-state index in [-0.39, 0.29) is 35.9 Å². The molecule has 0 bridgehead atoms. The van der Waals surface area contributed by atoms with Gasteiger partial charge in [0.05, 0.1) is 30.9 Å². The number of morpholine rings is 1. The van der Waals surface area contributed by atoms with Gasteiger partial charge in [-0.05, 0) is 5.56 Å². The molecule has 8 nitrogen and oxygen atoms in total. The van der Waals surface area contributed by atoms with Crippen molar-refractivity contribution >= 4 is 21.8 Å². The number of rotatable bonds is 5. The summed E-state index contributed by atoms with van der Waals surface area (Å²) < 4.78 is 31.8. The van der Waals surface area contributed by atoms with Crippen LogP contribution in [-0.4, -0.2) is 86.3 Å². The minimum atomic E-state index is -3.40. The zero-order chi connectivity index (χ0) is 19.7. The number of carbonyl (C=O) groups is 2. The molecule has 0 aliphatic carbocycles. The van der Waals surface area contributed by atoms with Gasteiger partial charge in [0, 0.05) is 39.1 Å². The van der Waals surface area contributed by atoms with Crippen molar-refractivity contribution in [2.24, 2.45) is 5.92 Å². The Kier molecular flexibility index (Phi) is 5.39. The van der Waals surface area contributed by atoms with E-state index in [1.165, 1.54) is 4.31 Å². The maximum Gasteiger partial charge on any atom is 0.228 e. The SMILES string of the molecule is O=C(C1CC(=O)N(C2CN(S(=O)(=O)Cc3ccccc3)C2)C1)N1CCOCC1. The molecule has 3 aliphatic heterocycles. The molecule has 3 heterocycles. The number of hydrogen-bond donors (Lipinski definition) is 0. The monoisotopic (exact) mass is 407 g/mol. The van der Waals surface area contributed by atoms with Crippen molar-refractivity contribution in [1.29, 1.82) is 0 Å². The number of nitrogens with zero attached hydrogens (tertiary/aromatic N) is 3. The zero-order valence-electron chi connectivity index (χ0n) is 15.7. The lowest BCUT2D eigenvalue weighted by molar-refractivity contribution is -0.139. The number of hydrogen-bond acceptors (Lipinski definition) is 5. The van der Waals surface area contributed by atoms with Gasteiger partial charge < -0.3 is 14.5 Å². The first-order chi connectivity index (χ1) is 13.4. The summed E-state index contributed by atoms with van der Waals surface area (Å²) in [6.45, 7) is 3.20. The first kappa shape index (κ1) is 19.4. The minimum Gasteiger partial charge on any atom is -0.378 e. The molecule has 4 rings (SSSR count). The van der Waals surface area contributed by atoms with Crippen molar-refractivity contribution in [1.82, 2.24) is 14.1 Å². The third kappa shape index (κ3) is 3.92. The van der Waals surface area contributed by atoms with Crippen LogP contribution in [0.4, 0.5) is 0 Å². The summed E-state index contributed by atoms with van der Waals surface area (Å²) in [7, 11) is -3.40. The average molecular weight is 407 g/mol. The maximum absolute atomic E-state index is 12.6. The Morgan fingerprint density at radius 1 is 1.07 bits per heavy atom. The highest BCUT2D eigenvalue weighted by Crippen LogP contribution is 2.28. The van der Waals surface area contributed by atoms with Gasteiger partial charge in [-0.15, -0.1) is 0 Å². The largest absolute Gasteiger partial charge is 0.378 e. The molecule has 1 aromatic rings. The molecule has 0 radical (unpaired) electrons. The minimum absolute atomic E-state index is 0.00651. The molecule has 1 aromatic carbocycles. The first-order valence-corrected chi connectivity index (χ1v) is 11.2. The molecule has 0 aromatic heterocycles. The average Bonchev–Trinajstić information content (AvgIpc) is 3.02. The van der Waals surface area contributed by atoms with E-state index in [2.05, 4.69) is 0 Å². The van der Waals surface area contributed by atoms with Crippen LogP contribution in [0.1, 0.15) is 12.0 Å². The molecule has 3 saturated heterocycles. The van der Waals surface area contributed by atoms with Crippen LogP contribution in [0.3, 0.4) is 0 Å². The fraction of sp³-hybridized carbons (Fsp3) is 0.579. The lowest BCUT2D eigenvalue weighted by Gasteiger charge is -2.43. The van der Waals surface area contributed by atoms with E-state index >= 15 is 0 Å². The van der Waals surface area contributed by atoms with Gasteiger partial charge in [0.2, 0.25) is 21.8 Å². The Bertz CT molecular complexity index is 832. The van der Waals surface area contributed by atoms with Crippen molar-refractivity contribution in [2.45, 2.75) is 18.2 Å². The lowest BCUT2D eigenvalue weighted by atomic mass is 10.1. The Hall–Kier alpha value is -1.97. The normalized spacial score (nSPS) is 24.4. The first-order valence-electron chi connectivity index (χ1n) is 9.62. The van der Waals surface area contributed by atoms with Crippen LogP contribution < -0.4 is 0 Å². The fourth-order valence-electron chi connectivity index (χ4n) is 4.01. The summed E-state index contributed by atoms with van der Waals surface area (Å²) in [6.07, 6.45) is 0.212. The molecular weight excluding hydrogens is 382 g/mol. The van der Waals surface area contributed by atoms with Gasteiger partial charge >= 0.3 is 0 Å².